The van der Waals surface area contributed by atoms with Gasteiger partial charge >= 0.3 is 5.97 Å². The van der Waals surface area contributed by atoms with E-state index in [4.69, 9.17) is 10.2 Å². The van der Waals surface area contributed by atoms with Crippen LogP contribution in [0.25, 0.3) is 0 Å². The van der Waals surface area contributed by atoms with Crippen LogP contribution in [0, 0.1) is 5.82 Å². The molecule has 1 aromatic carbocycles. The van der Waals surface area contributed by atoms with Crippen LogP contribution in [-0.4, -0.2) is 34.4 Å². The highest BCUT2D eigenvalue weighted by atomic mass is 32.2. The van der Waals surface area contributed by atoms with Gasteiger partial charge in [0.2, 0.25) is 11.5 Å². The molecule has 2 N–H and O–H groups in total. The van der Waals surface area contributed by atoms with Crippen molar-refractivity contribution in [2.24, 2.45) is 0 Å². The van der Waals surface area contributed by atoms with E-state index < -0.39 is 33.4 Å². The largest absolute Gasteiger partial charge is 0.502 e. The molecule has 0 fully saturated rings. The number of aliphatic hydroxyl groups is 1. The monoisotopic (exact) mass is 339 g/mol. The molecule has 23 heavy (non-hydrogen) atoms. The van der Waals surface area contributed by atoms with E-state index in [0.717, 1.165) is 36.5 Å². The minimum Gasteiger partial charge on any atom is -0.502 e. The van der Waals surface area contributed by atoms with Crippen LogP contribution in [0.4, 0.5) is 4.39 Å². The van der Waals surface area contributed by atoms with Crippen LogP contribution in [0.3, 0.4) is 0 Å². The van der Waals surface area contributed by atoms with Crippen molar-refractivity contribution in [3.63, 3.8) is 0 Å². The molecule has 0 unspecified atom stereocenters. The van der Waals surface area contributed by atoms with Gasteiger partial charge in [0.1, 0.15) is 11.5 Å². The van der Waals surface area contributed by atoms with Gasteiger partial charge in [0.15, 0.2) is 0 Å². The van der Waals surface area contributed by atoms with Gasteiger partial charge < -0.3 is 10.2 Å². The fraction of sp³-hybridized carbons (Fsp3) is 0. The summed E-state index contributed by atoms with van der Waals surface area (Å²) in [5.74, 6) is -4.58. The van der Waals surface area contributed by atoms with E-state index in [1.54, 1.807) is 0 Å². The maximum absolute atomic E-state index is 12.9. The van der Waals surface area contributed by atoms with E-state index >= 15 is 0 Å². The van der Waals surface area contributed by atoms with Crippen LogP contribution in [0.2, 0.25) is 0 Å². The molecular formula is C14H10FNO6S. The van der Waals surface area contributed by atoms with E-state index in [9.17, 15) is 22.4 Å². The van der Waals surface area contributed by atoms with E-state index in [-0.39, 0.29) is 10.6 Å². The van der Waals surface area contributed by atoms with Crippen LogP contribution in [0.1, 0.15) is 10.5 Å². The fourth-order valence-electron chi connectivity index (χ4n) is 1.75. The smallest absolute Gasteiger partial charge is 0.371 e. The van der Waals surface area contributed by atoms with Gasteiger partial charge in [0, 0.05) is 12.3 Å². The summed E-state index contributed by atoms with van der Waals surface area (Å²) in [6, 6.07) is 6.38. The average molecular weight is 339 g/mol. The molecule has 120 valence electrons. The Kier molecular flexibility index (Phi) is 4.32. The van der Waals surface area contributed by atoms with Crippen LogP contribution < -0.4 is 0 Å². The summed E-state index contributed by atoms with van der Waals surface area (Å²) in [7, 11) is -4.17. The number of aromatic nitrogens is 1. The number of rotatable bonds is 5. The quantitative estimate of drug-likeness (QED) is 0.486. The number of allylic oxidation sites excluding steroid dienone is 1. The molecule has 0 saturated carbocycles. The predicted octanol–water partition coefficient (Wildman–Crippen LogP) is 1.57. The maximum atomic E-state index is 12.9. The molecule has 0 aliphatic rings. The van der Waals surface area contributed by atoms with Gasteiger partial charge in [-0.05, 0) is 36.4 Å². The lowest BCUT2D eigenvalue weighted by Crippen LogP contribution is -2.17. The number of nitrogens with zero attached hydrogens (tertiary/aromatic N) is 1. The van der Waals surface area contributed by atoms with Gasteiger partial charge in [-0.1, -0.05) is 0 Å². The van der Waals surface area contributed by atoms with Crippen LogP contribution in [-0.2, 0) is 14.8 Å². The lowest BCUT2D eigenvalue weighted by Gasteiger charge is -2.09. The third-order valence-corrected chi connectivity index (χ3v) is 4.53. The number of carboxylic acid groups (broad SMARTS) is 1. The number of hydrogen-bond donors (Lipinski definition) is 2. The zero-order chi connectivity index (χ0) is 17.2. The van der Waals surface area contributed by atoms with E-state index in [2.05, 4.69) is 0 Å². The summed E-state index contributed by atoms with van der Waals surface area (Å²) in [5, 5.41) is 17.6. The van der Waals surface area contributed by atoms with E-state index in [1.807, 2.05) is 0 Å². The number of carbonyl (C=O) groups is 2. The van der Waals surface area contributed by atoms with Crippen molar-refractivity contribution in [1.82, 2.24) is 3.97 Å². The molecule has 2 aromatic rings. The van der Waals surface area contributed by atoms with E-state index in [0.29, 0.717) is 10.0 Å². The SMILES string of the molecule is O=C(O)C(O)=CC(=O)c1cccn1S(=O)(=O)c1ccc(F)cc1. The molecule has 7 nitrogen and oxygen atoms in total. The maximum Gasteiger partial charge on any atom is 0.371 e. The average Bonchev–Trinajstić information content (AvgIpc) is 2.97. The number of halogens is 1. The van der Waals surface area contributed by atoms with Gasteiger partial charge in [-0.3, -0.25) is 4.79 Å². The third-order valence-electron chi connectivity index (χ3n) is 2.82. The normalized spacial score (nSPS) is 12.1. The number of ketones is 1. The second-order valence-electron chi connectivity index (χ2n) is 4.35. The first-order valence-electron chi connectivity index (χ1n) is 6.10. The van der Waals surface area contributed by atoms with Crippen LogP contribution in [0.5, 0.6) is 0 Å². The summed E-state index contributed by atoms with van der Waals surface area (Å²) >= 11 is 0. The Hall–Kier alpha value is -2.94. The first kappa shape index (κ1) is 16.4. The Bertz CT molecular complexity index is 896. The van der Waals surface area contributed by atoms with Gasteiger partial charge in [-0.15, -0.1) is 0 Å². The van der Waals surface area contributed by atoms with Gasteiger partial charge in [-0.25, -0.2) is 21.6 Å². The summed E-state index contributed by atoms with van der Waals surface area (Å²) in [5.41, 5.74) is -0.373. The number of carboxylic acids is 1. The number of aliphatic hydroxyl groups excluding tert-OH is 1. The molecule has 0 amide bonds. The molecule has 9 heteroatoms. The predicted molar refractivity (Wildman–Crippen MR) is 76.1 cm³/mol. The number of hydrogen-bond acceptors (Lipinski definition) is 5. The molecular weight excluding hydrogens is 329 g/mol. The highest BCUT2D eigenvalue weighted by Gasteiger charge is 2.22. The molecule has 0 radical (unpaired) electrons. The highest BCUT2D eigenvalue weighted by molar-refractivity contribution is 7.90. The molecule has 1 aromatic heterocycles. The minimum atomic E-state index is -4.17. The first-order valence-corrected chi connectivity index (χ1v) is 7.54. The molecule has 0 spiro atoms. The van der Waals surface area contributed by atoms with Crippen molar-refractivity contribution >= 4 is 21.8 Å². The lowest BCUT2D eigenvalue weighted by atomic mass is 10.2. The summed E-state index contributed by atoms with van der Waals surface area (Å²) < 4.78 is 38.4. The summed E-state index contributed by atoms with van der Waals surface area (Å²) in [4.78, 5) is 22.2. The highest BCUT2D eigenvalue weighted by Crippen LogP contribution is 2.18. The Balaban J connectivity index is 2.49. The molecule has 0 aliphatic heterocycles. The molecule has 2 rings (SSSR count). The standard InChI is InChI=1S/C14H10FNO6S/c15-9-3-5-10(6-4-9)23(21,22)16-7-1-2-11(16)12(17)8-13(18)14(19)20/h1-8,18H,(H,19,20). The minimum absolute atomic E-state index is 0.254. The van der Waals surface area contributed by atoms with Crippen molar-refractivity contribution in [1.29, 1.82) is 0 Å². The van der Waals surface area contributed by atoms with Crippen molar-refractivity contribution in [3.8, 4) is 0 Å². The molecule has 0 bridgehead atoms. The Labute approximate surface area is 130 Å². The zero-order valence-corrected chi connectivity index (χ0v) is 12.2. The first-order chi connectivity index (χ1) is 10.7. The van der Waals surface area contributed by atoms with Crippen LogP contribution >= 0.6 is 0 Å². The third kappa shape index (κ3) is 3.29. The van der Waals surface area contributed by atoms with Crippen molar-refractivity contribution in [2.45, 2.75) is 4.90 Å². The van der Waals surface area contributed by atoms with Gasteiger partial charge in [0.05, 0.1) is 4.90 Å². The summed E-state index contributed by atoms with van der Waals surface area (Å²) in [6.07, 6.45) is 1.48. The second kappa shape index (κ2) is 6.05. The van der Waals surface area contributed by atoms with Crippen molar-refractivity contribution in [3.05, 3.63) is 65.9 Å². The Morgan fingerprint density at radius 3 is 2.26 bits per heavy atom. The summed E-state index contributed by atoms with van der Waals surface area (Å²) in [6.45, 7) is 0. The zero-order valence-electron chi connectivity index (χ0n) is 11.4. The van der Waals surface area contributed by atoms with E-state index in [1.165, 1.54) is 6.07 Å². The Morgan fingerprint density at radius 1 is 1.09 bits per heavy atom. The molecule has 0 saturated heterocycles. The number of benzene rings is 1. The van der Waals surface area contributed by atoms with Gasteiger partial charge in [0.25, 0.3) is 10.0 Å². The van der Waals surface area contributed by atoms with Gasteiger partial charge in [-0.2, -0.15) is 0 Å². The lowest BCUT2D eigenvalue weighted by molar-refractivity contribution is -0.135. The Morgan fingerprint density at radius 2 is 1.70 bits per heavy atom. The number of carbonyl (C=O) groups excluding carboxylic acids is 1. The molecule has 1 heterocycles. The van der Waals surface area contributed by atoms with Crippen molar-refractivity contribution < 1.29 is 32.6 Å². The topological polar surface area (TPSA) is 114 Å². The van der Waals surface area contributed by atoms with Crippen molar-refractivity contribution in [2.75, 3.05) is 0 Å². The second-order valence-corrected chi connectivity index (χ2v) is 6.16. The molecule has 0 aliphatic carbocycles. The fourth-order valence-corrected chi connectivity index (χ4v) is 3.09. The van der Waals surface area contributed by atoms with Crippen LogP contribution in [0.15, 0.2) is 59.3 Å². The molecule has 0 atom stereocenters. The number of aliphatic carboxylic acids is 1.